The first-order valence-electron chi connectivity index (χ1n) is 6.56. The van der Waals surface area contributed by atoms with E-state index < -0.39 is 0 Å². The summed E-state index contributed by atoms with van der Waals surface area (Å²) in [4.78, 5) is 0. The summed E-state index contributed by atoms with van der Waals surface area (Å²) >= 11 is 3.54. The Balaban J connectivity index is 1.98. The second-order valence-corrected chi connectivity index (χ2v) is 7.03. The van der Waals surface area contributed by atoms with Gasteiger partial charge in [-0.25, -0.2) is 4.68 Å². The summed E-state index contributed by atoms with van der Waals surface area (Å²) in [5.74, 6) is 0. The molecular weight excluding hydrogens is 304 g/mol. The summed E-state index contributed by atoms with van der Waals surface area (Å²) in [6.45, 7) is 10.0. The molecule has 0 unspecified atom stereocenters. The highest BCUT2D eigenvalue weighted by atomic mass is 79.9. The molecule has 0 aliphatic carbocycles. The third kappa shape index (κ3) is 4.05. The van der Waals surface area contributed by atoms with E-state index in [-0.39, 0.29) is 0 Å². The van der Waals surface area contributed by atoms with Gasteiger partial charge in [0.2, 0.25) is 0 Å². The fraction of sp³-hybridized carbons (Fsp3) is 0.533. The Labute approximate surface area is 123 Å². The normalized spacial score (nSPS) is 12.3. The number of hydrogen-bond acceptors (Lipinski definition) is 2. The monoisotopic (exact) mass is 324 g/mol. The maximum absolute atomic E-state index is 5.67. The van der Waals surface area contributed by atoms with E-state index in [9.17, 15) is 0 Å². The molecule has 3 nitrogen and oxygen atoms in total. The second kappa shape index (κ2) is 5.63. The number of rotatable bonds is 4. The van der Waals surface area contributed by atoms with Crippen LogP contribution in [0.2, 0.25) is 0 Å². The van der Waals surface area contributed by atoms with E-state index in [2.05, 4.69) is 60.9 Å². The lowest BCUT2D eigenvalue weighted by molar-refractivity contribution is 0.0522. The maximum Gasteiger partial charge on any atom is 0.139 e. The molecule has 0 bridgehead atoms. The predicted octanol–water partition coefficient (Wildman–Crippen LogP) is 4.52. The number of nitrogens with zero attached hydrogens (tertiary/aromatic N) is 2. The van der Waals surface area contributed by atoms with Crippen molar-refractivity contribution in [3.8, 4) is 0 Å². The first kappa shape index (κ1) is 14.5. The second-order valence-electron chi connectivity index (χ2n) is 6.18. The molecule has 1 aromatic heterocycles. The third-order valence-electron chi connectivity index (χ3n) is 3.05. The smallest absolute Gasteiger partial charge is 0.139 e. The number of aromatic nitrogens is 2. The molecule has 0 saturated heterocycles. The quantitative estimate of drug-likeness (QED) is 0.773. The highest BCUT2D eigenvalue weighted by Crippen LogP contribution is 2.23. The van der Waals surface area contributed by atoms with Gasteiger partial charge < -0.3 is 4.74 Å². The summed E-state index contributed by atoms with van der Waals surface area (Å²) in [5, 5.41) is 5.66. The first-order chi connectivity index (χ1) is 8.85. The average molecular weight is 325 g/mol. The van der Waals surface area contributed by atoms with Crippen LogP contribution in [0.1, 0.15) is 32.8 Å². The van der Waals surface area contributed by atoms with Gasteiger partial charge >= 0.3 is 0 Å². The Hall–Kier alpha value is -0.870. The molecule has 0 aliphatic heterocycles. The van der Waals surface area contributed by atoms with Gasteiger partial charge in [-0.1, -0.05) is 36.7 Å². The topological polar surface area (TPSA) is 27.1 Å². The van der Waals surface area contributed by atoms with Crippen LogP contribution in [-0.4, -0.2) is 16.4 Å². The van der Waals surface area contributed by atoms with Crippen molar-refractivity contribution in [3.05, 3.63) is 28.4 Å². The van der Waals surface area contributed by atoms with Crippen molar-refractivity contribution in [1.82, 2.24) is 9.78 Å². The Morgan fingerprint density at radius 2 is 2.05 bits per heavy atom. The highest BCUT2D eigenvalue weighted by molar-refractivity contribution is 9.10. The molecule has 4 heteroatoms. The molecular formula is C15H21BrN2O. The Morgan fingerprint density at radius 3 is 2.74 bits per heavy atom. The van der Waals surface area contributed by atoms with Crippen molar-refractivity contribution in [1.29, 1.82) is 0 Å². The van der Waals surface area contributed by atoms with E-state index in [0.717, 1.165) is 28.4 Å². The molecule has 0 fully saturated rings. The van der Waals surface area contributed by atoms with E-state index in [1.807, 2.05) is 10.9 Å². The fourth-order valence-electron chi connectivity index (χ4n) is 1.80. The summed E-state index contributed by atoms with van der Waals surface area (Å²) in [6.07, 6.45) is 3.08. The molecule has 2 aromatic rings. The summed E-state index contributed by atoms with van der Waals surface area (Å²) in [5.41, 5.74) is 2.53. The van der Waals surface area contributed by atoms with E-state index in [1.54, 1.807) is 0 Å². The van der Waals surface area contributed by atoms with Crippen molar-refractivity contribution in [2.75, 3.05) is 6.61 Å². The molecule has 0 saturated carbocycles. The molecule has 2 rings (SSSR count). The van der Waals surface area contributed by atoms with Gasteiger partial charge in [0.15, 0.2) is 0 Å². The van der Waals surface area contributed by atoms with Crippen molar-refractivity contribution < 1.29 is 4.74 Å². The predicted molar refractivity (Wildman–Crippen MR) is 82.2 cm³/mol. The molecule has 104 valence electrons. The maximum atomic E-state index is 5.67. The zero-order valence-corrected chi connectivity index (χ0v) is 13.6. The van der Waals surface area contributed by atoms with Crippen LogP contribution in [0.25, 0.3) is 10.9 Å². The van der Waals surface area contributed by atoms with Gasteiger partial charge in [-0.05, 0) is 36.5 Å². The molecule has 0 aliphatic rings. The van der Waals surface area contributed by atoms with Crippen LogP contribution in [0.15, 0.2) is 22.8 Å². The Bertz CT molecular complexity index is 530. The van der Waals surface area contributed by atoms with Crippen LogP contribution in [0.4, 0.5) is 0 Å². The van der Waals surface area contributed by atoms with Crippen LogP contribution in [-0.2, 0) is 11.5 Å². The Kier molecular flexibility index (Phi) is 4.31. The van der Waals surface area contributed by atoms with Crippen LogP contribution in [0.5, 0.6) is 0 Å². The minimum absolute atomic E-state index is 0.316. The van der Waals surface area contributed by atoms with Crippen molar-refractivity contribution in [2.24, 2.45) is 5.41 Å². The molecule has 0 atom stereocenters. The van der Waals surface area contributed by atoms with Gasteiger partial charge in [-0.3, -0.25) is 0 Å². The minimum Gasteiger partial charge on any atom is -0.359 e. The van der Waals surface area contributed by atoms with E-state index in [1.165, 1.54) is 5.56 Å². The van der Waals surface area contributed by atoms with Gasteiger partial charge in [-0.15, -0.1) is 0 Å². The molecule has 19 heavy (non-hydrogen) atoms. The number of ether oxygens (including phenoxy) is 1. The minimum atomic E-state index is 0.316. The highest BCUT2D eigenvalue weighted by Gasteiger charge is 2.09. The zero-order valence-electron chi connectivity index (χ0n) is 12.0. The Morgan fingerprint density at radius 1 is 1.32 bits per heavy atom. The number of hydrogen-bond donors (Lipinski definition) is 0. The van der Waals surface area contributed by atoms with Crippen molar-refractivity contribution >= 4 is 26.8 Å². The molecule has 0 spiro atoms. The molecule has 1 aromatic carbocycles. The third-order valence-corrected chi connectivity index (χ3v) is 3.91. The van der Waals surface area contributed by atoms with Crippen LogP contribution < -0.4 is 0 Å². The average Bonchev–Trinajstić information content (AvgIpc) is 2.66. The van der Waals surface area contributed by atoms with Crippen LogP contribution in [0, 0.1) is 12.3 Å². The number of halogens is 1. The lowest BCUT2D eigenvalue weighted by Gasteiger charge is -2.17. The van der Waals surface area contributed by atoms with Gasteiger partial charge in [0.25, 0.3) is 0 Å². The standard InChI is InChI=1S/C15H21BrN2O/c1-11-7-14-12(8-13(11)16)9-18(17-14)10-19-6-5-15(2,3)4/h7-9H,5-6,10H2,1-4H3. The molecule has 0 N–H and O–H groups in total. The lowest BCUT2D eigenvalue weighted by atomic mass is 9.93. The van der Waals surface area contributed by atoms with Crippen LogP contribution >= 0.6 is 15.9 Å². The lowest BCUT2D eigenvalue weighted by Crippen LogP contribution is -2.11. The van der Waals surface area contributed by atoms with Gasteiger partial charge in [0, 0.05) is 22.7 Å². The summed E-state index contributed by atoms with van der Waals surface area (Å²) in [6, 6.07) is 4.19. The van der Waals surface area contributed by atoms with E-state index in [4.69, 9.17) is 4.74 Å². The molecule has 0 amide bonds. The SMILES string of the molecule is Cc1cc2nn(COCCC(C)(C)C)cc2cc1Br. The zero-order chi connectivity index (χ0) is 14.0. The number of aryl methyl sites for hydroxylation is 1. The van der Waals surface area contributed by atoms with Gasteiger partial charge in [0.05, 0.1) is 5.52 Å². The number of benzene rings is 1. The van der Waals surface area contributed by atoms with E-state index in [0.29, 0.717) is 12.1 Å². The van der Waals surface area contributed by atoms with E-state index >= 15 is 0 Å². The van der Waals surface area contributed by atoms with Crippen molar-refractivity contribution in [3.63, 3.8) is 0 Å². The summed E-state index contributed by atoms with van der Waals surface area (Å²) < 4.78 is 8.65. The largest absolute Gasteiger partial charge is 0.359 e. The summed E-state index contributed by atoms with van der Waals surface area (Å²) in [7, 11) is 0. The van der Waals surface area contributed by atoms with Crippen molar-refractivity contribution in [2.45, 2.75) is 40.8 Å². The van der Waals surface area contributed by atoms with Gasteiger partial charge in [0.1, 0.15) is 6.73 Å². The molecule has 0 radical (unpaired) electrons. The number of fused-ring (bicyclic) bond motifs is 1. The van der Waals surface area contributed by atoms with Crippen LogP contribution in [0.3, 0.4) is 0 Å². The fourth-order valence-corrected chi connectivity index (χ4v) is 2.16. The molecule has 1 heterocycles. The first-order valence-corrected chi connectivity index (χ1v) is 7.35. The van der Waals surface area contributed by atoms with Gasteiger partial charge in [-0.2, -0.15) is 5.10 Å².